The number of nitrogens with zero attached hydrogens (tertiary/aromatic N) is 1. The van der Waals surface area contributed by atoms with Crippen LogP contribution < -0.4 is 5.73 Å². The highest BCUT2D eigenvalue weighted by molar-refractivity contribution is 5.68. The minimum Gasteiger partial charge on any atom is -0.444 e. The van der Waals surface area contributed by atoms with E-state index in [0.717, 1.165) is 31.6 Å². The summed E-state index contributed by atoms with van der Waals surface area (Å²) >= 11 is 0. The van der Waals surface area contributed by atoms with E-state index in [2.05, 4.69) is 18.2 Å². The lowest BCUT2D eigenvalue weighted by molar-refractivity contribution is 0.0205. The summed E-state index contributed by atoms with van der Waals surface area (Å²) in [7, 11) is 0. The molecule has 0 atom stereocenters. The summed E-state index contributed by atoms with van der Waals surface area (Å²) in [5, 5.41) is 0. The Bertz CT molecular complexity index is 622. The van der Waals surface area contributed by atoms with Gasteiger partial charge >= 0.3 is 6.09 Å². The molecule has 0 unspecified atom stereocenters. The molecular weight excluding hydrogens is 324 g/mol. The Balaban J connectivity index is 1.63. The maximum absolute atomic E-state index is 12.2. The highest BCUT2D eigenvalue weighted by Crippen LogP contribution is 2.38. The summed E-state index contributed by atoms with van der Waals surface area (Å²) in [6, 6.07) is 6.65. The van der Waals surface area contributed by atoms with Gasteiger partial charge in [0.05, 0.1) is 0 Å². The second kappa shape index (κ2) is 7.89. The maximum Gasteiger partial charge on any atom is 0.410 e. The van der Waals surface area contributed by atoms with E-state index < -0.39 is 5.60 Å². The quantitative estimate of drug-likeness (QED) is 0.717. The van der Waals surface area contributed by atoms with Crippen LogP contribution in [-0.2, 0) is 4.74 Å². The number of nitrogen functional groups attached to an aromatic ring is 1. The lowest BCUT2D eigenvalue weighted by Gasteiger charge is -2.34. The average molecular weight is 359 g/mol. The average Bonchev–Trinajstić information content (AvgIpc) is 2.61. The summed E-state index contributed by atoms with van der Waals surface area (Å²) in [5.41, 5.74) is 9.57. The van der Waals surface area contributed by atoms with Crippen molar-refractivity contribution >= 4 is 11.8 Å². The predicted molar refractivity (Wildman–Crippen MR) is 106 cm³/mol. The Morgan fingerprint density at radius 1 is 1.04 bits per heavy atom. The van der Waals surface area contributed by atoms with E-state index in [1.807, 2.05) is 25.7 Å². The van der Waals surface area contributed by atoms with E-state index in [0.29, 0.717) is 11.8 Å². The normalized spacial score (nSPS) is 20.2. The second-order valence-electron chi connectivity index (χ2n) is 8.96. The molecule has 3 rings (SSSR count). The van der Waals surface area contributed by atoms with Gasteiger partial charge in [-0.3, -0.25) is 0 Å². The fraction of sp³-hybridized carbons (Fsp3) is 0.682. The molecule has 1 saturated heterocycles. The lowest BCUT2D eigenvalue weighted by atomic mass is 9.81. The first kappa shape index (κ1) is 19.1. The van der Waals surface area contributed by atoms with Crippen molar-refractivity contribution in [3.63, 3.8) is 0 Å². The zero-order valence-electron chi connectivity index (χ0n) is 16.6. The number of carbonyl (C=O) groups excluding carboxylic acids is 1. The van der Waals surface area contributed by atoms with Crippen LogP contribution >= 0.6 is 0 Å². The van der Waals surface area contributed by atoms with Crippen LogP contribution in [0.4, 0.5) is 10.5 Å². The number of benzene rings is 1. The number of anilines is 1. The van der Waals surface area contributed by atoms with E-state index in [9.17, 15) is 4.79 Å². The predicted octanol–water partition coefficient (Wildman–Crippen LogP) is 5.43. The molecule has 0 aromatic heterocycles. The van der Waals surface area contributed by atoms with Crippen LogP contribution in [0.15, 0.2) is 18.2 Å². The smallest absolute Gasteiger partial charge is 0.410 e. The van der Waals surface area contributed by atoms with Crippen molar-refractivity contribution in [3.05, 3.63) is 29.3 Å². The SMILES string of the molecule is CC(C)(C)OC(=O)N1CCC(c2ccc(N)c(C3CCCCC3)c2)CC1. The van der Waals surface area contributed by atoms with Gasteiger partial charge in [-0.1, -0.05) is 31.4 Å². The number of likely N-dealkylation sites (tertiary alicyclic amines) is 1. The molecule has 0 radical (unpaired) electrons. The van der Waals surface area contributed by atoms with E-state index in [1.54, 1.807) is 0 Å². The van der Waals surface area contributed by atoms with Crippen LogP contribution in [-0.4, -0.2) is 29.7 Å². The van der Waals surface area contributed by atoms with Crippen LogP contribution in [0.2, 0.25) is 0 Å². The number of piperidine rings is 1. The Morgan fingerprint density at radius 3 is 2.31 bits per heavy atom. The van der Waals surface area contributed by atoms with Gasteiger partial charge in [0.2, 0.25) is 0 Å². The third-order valence-electron chi connectivity index (χ3n) is 5.77. The number of ether oxygens (including phenoxy) is 1. The Kier molecular flexibility index (Phi) is 5.79. The summed E-state index contributed by atoms with van der Waals surface area (Å²) in [6.45, 7) is 7.28. The van der Waals surface area contributed by atoms with Gasteiger partial charge in [0.1, 0.15) is 5.60 Å². The molecular formula is C22H34N2O2. The van der Waals surface area contributed by atoms with Crippen molar-refractivity contribution in [2.75, 3.05) is 18.8 Å². The van der Waals surface area contributed by atoms with E-state index in [1.165, 1.54) is 43.2 Å². The van der Waals surface area contributed by atoms with Gasteiger partial charge in [0.15, 0.2) is 0 Å². The fourth-order valence-electron chi connectivity index (χ4n) is 4.34. The molecule has 0 bridgehead atoms. The Hall–Kier alpha value is -1.71. The van der Waals surface area contributed by atoms with Crippen LogP contribution in [0.5, 0.6) is 0 Å². The summed E-state index contributed by atoms with van der Waals surface area (Å²) < 4.78 is 5.50. The first-order valence-electron chi connectivity index (χ1n) is 10.2. The van der Waals surface area contributed by atoms with Crippen molar-refractivity contribution in [1.29, 1.82) is 0 Å². The molecule has 26 heavy (non-hydrogen) atoms. The monoisotopic (exact) mass is 358 g/mol. The minimum atomic E-state index is -0.431. The molecule has 2 N–H and O–H groups in total. The Morgan fingerprint density at radius 2 is 1.69 bits per heavy atom. The van der Waals surface area contributed by atoms with Crippen LogP contribution in [0.25, 0.3) is 0 Å². The van der Waals surface area contributed by atoms with Gasteiger partial charge in [-0.25, -0.2) is 4.79 Å². The third-order valence-corrected chi connectivity index (χ3v) is 5.77. The van der Waals surface area contributed by atoms with Crippen molar-refractivity contribution in [3.8, 4) is 0 Å². The number of carbonyl (C=O) groups is 1. The molecule has 1 heterocycles. The van der Waals surface area contributed by atoms with E-state index in [-0.39, 0.29) is 6.09 Å². The molecule has 1 saturated carbocycles. The van der Waals surface area contributed by atoms with Gasteiger partial charge in [-0.2, -0.15) is 0 Å². The lowest BCUT2D eigenvalue weighted by Crippen LogP contribution is -2.41. The molecule has 1 amide bonds. The molecule has 144 valence electrons. The molecule has 1 aromatic carbocycles. The number of rotatable bonds is 2. The van der Waals surface area contributed by atoms with Crippen molar-refractivity contribution < 1.29 is 9.53 Å². The molecule has 2 fully saturated rings. The summed E-state index contributed by atoms with van der Waals surface area (Å²) in [5.74, 6) is 1.14. The summed E-state index contributed by atoms with van der Waals surface area (Å²) in [4.78, 5) is 14.1. The van der Waals surface area contributed by atoms with Gasteiger partial charge in [0.25, 0.3) is 0 Å². The standard InChI is InChI=1S/C22H34N2O2/c1-22(2,3)26-21(25)24-13-11-16(12-14-24)18-9-10-20(23)19(15-18)17-7-5-4-6-8-17/h9-10,15-17H,4-8,11-14,23H2,1-3H3. The Labute approximate surface area is 158 Å². The van der Waals surface area contributed by atoms with Crippen molar-refractivity contribution in [2.24, 2.45) is 0 Å². The molecule has 1 aliphatic heterocycles. The topological polar surface area (TPSA) is 55.6 Å². The van der Waals surface area contributed by atoms with Crippen LogP contribution in [0.3, 0.4) is 0 Å². The fourth-order valence-corrected chi connectivity index (χ4v) is 4.34. The first-order valence-corrected chi connectivity index (χ1v) is 10.2. The first-order chi connectivity index (χ1) is 12.3. The van der Waals surface area contributed by atoms with Crippen LogP contribution in [0.1, 0.15) is 88.7 Å². The molecule has 2 aliphatic rings. The molecule has 4 nitrogen and oxygen atoms in total. The van der Waals surface area contributed by atoms with E-state index in [4.69, 9.17) is 10.5 Å². The molecule has 0 spiro atoms. The molecule has 4 heteroatoms. The van der Waals surface area contributed by atoms with Crippen molar-refractivity contribution in [1.82, 2.24) is 4.90 Å². The van der Waals surface area contributed by atoms with Gasteiger partial charge in [0, 0.05) is 18.8 Å². The van der Waals surface area contributed by atoms with Crippen LogP contribution in [0, 0.1) is 0 Å². The van der Waals surface area contributed by atoms with Crippen molar-refractivity contribution in [2.45, 2.75) is 83.2 Å². The number of amides is 1. The highest BCUT2D eigenvalue weighted by Gasteiger charge is 2.28. The van der Waals surface area contributed by atoms with E-state index >= 15 is 0 Å². The number of hydrogen-bond donors (Lipinski definition) is 1. The number of hydrogen-bond acceptors (Lipinski definition) is 3. The maximum atomic E-state index is 12.2. The highest BCUT2D eigenvalue weighted by atomic mass is 16.6. The molecule has 1 aromatic rings. The summed E-state index contributed by atoms with van der Waals surface area (Å²) in [6.07, 6.45) is 8.34. The molecule has 1 aliphatic carbocycles. The minimum absolute atomic E-state index is 0.184. The zero-order valence-corrected chi connectivity index (χ0v) is 16.6. The largest absolute Gasteiger partial charge is 0.444 e. The second-order valence-corrected chi connectivity index (χ2v) is 8.96. The van der Waals surface area contributed by atoms with Gasteiger partial charge in [-0.05, 0) is 75.5 Å². The zero-order chi connectivity index (χ0) is 18.7. The van der Waals surface area contributed by atoms with Gasteiger partial charge < -0.3 is 15.4 Å². The number of nitrogens with two attached hydrogens (primary N) is 1. The van der Waals surface area contributed by atoms with Gasteiger partial charge in [-0.15, -0.1) is 0 Å². The third kappa shape index (κ3) is 4.72.